The number of carbonyl (C=O) groups is 1. The highest BCUT2D eigenvalue weighted by atomic mass is 79.9. The van der Waals surface area contributed by atoms with Crippen LogP contribution in [0, 0.1) is 17.7 Å². The minimum atomic E-state index is -0.380. The number of benzene rings is 1. The van der Waals surface area contributed by atoms with Crippen LogP contribution in [-0.2, 0) is 4.79 Å². The molecule has 0 aliphatic heterocycles. The van der Waals surface area contributed by atoms with Gasteiger partial charge in [-0.15, -0.1) is 12.4 Å². The molecule has 0 bridgehead atoms. The van der Waals surface area contributed by atoms with Gasteiger partial charge in [-0.25, -0.2) is 4.39 Å². The van der Waals surface area contributed by atoms with Gasteiger partial charge in [-0.3, -0.25) is 4.79 Å². The zero-order valence-corrected chi connectivity index (χ0v) is 12.8. The first kappa shape index (κ1) is 16.4. The smallest absolute Gasteiger partial charge is 0.227 e. The third-order valence-electron chi connectivity index (χ3n) is 3.49. The van der Waals surface area contributed by atoms with Crippen molar-refractivity contribution in [2.75, 3.05) is 11.9 Å². The zero-order chi connectivity index (χ0) is 13.1. The minimum absolute atomic E-state index is 0. The van der Waals surface area contributed by atoms with Crippen LogP contribution < -0.4 is 11.1 Å². The van der Waals surface area contributed by atoms with Gasteiger partial charge >= 0.3 is 0 Å². The predicted molar refractivity (Wildman–Crippen MR) is 79.9 cm³/mol. The molecule has 0 spiro atoms. The second-order valence-electron chi connectivity index (χ2n) is 4.65. The fourth-order valence-electron chi connectivity index (χ4n) is 2.47. The molecule has 0 radical (unpaired) electrons. The average Bonchev–Trinajstić information content (AvgIpc) is 2.82. The summed E-state index contributed by atoms with van der Waals surface area (Å²) < 4.78 is 13.7. The van der Waals surface area contributed by atoms with E-state index in [4.69, 9.17) is 5.73 Å². The monoisotopic (exact) mass is 350 g/mol. The average molecular weight is 352 g/mol. The van der Waals surface area contributed by atoms with Crippen LogP contribution in [0.5, 0.6) is 0 Å². The molecule has 0 heterocycles. The number of hydrogen-bond acceptors (Lipinski definition) is 2. The van der Waals surface area contributed by atoms with Crippen LogP contribution in [-0.4, -0.2) is 12.5 Å². The summed E-state index contributed by atoms with van der Waals surface area (Å²) in [6.07, 6.45) is 2.91. The highest BCUT2D eigenvalue weighted by Gasteiger charge is 2.31. The molecule has 2 atom stereocenters. The van der Waals surface area contributed by atoms with Gasteiger partial charge in [-0.05, 0) is 59.4 Å². The van der Waals surface area contributed by atoms with E-state index >= 15 is 0 Å². The van der Waals surface area contributed by atoms with Crippen molar-refractivity contribution in [3.8, 4) is 0 Å². The molecule has 1 aromatic rings. The largest absolute Gasteiger partial charge is 0.330 e. The van der Waals surface area contributed by atoms with Gasteiger partial charge < -0.3 is 11.1 Å². The molecule has 1 amide bonds. The summed E-state index contributed by atoms with van der Waals surface area (Å²) in [7, 11) is 0. The topological polar surface area (TPSA) is 55.1 Å². The third kappa shape index (κ3) is 3.91. The Labute approximate surface area is 126 Å². The van der Waals surface area contributed by atoms with E-state index in [1.165, 1.54) is 6.07 Å². The number of nitrogens with one attached hydrogen (secondary N) is 1. The minimum Gasteiger partial charge on any atom is -0.330 e. The standard InChI is InChI=1S/C13H16BrFN2O.ClH/c14-11-5-4-9(6-12(11)15)17-13(18)10-3-1-2-8(10)7-16;/h4-6,8,10H,1-3,7,16H2,(H,17,18);1H/t8-,10-;/m1./s1. The normalized spacial score (nSPS) is 21.8. The van der Waals surface area contributed by atoms with Crippen LogP contribution >= 0.6 is 28.3 Å². The maximum Gasteiger partial charge on any atom is 0.227 e. The Morgan fingerprint density at radius 3 is 2.84 bits per heavy atom. The Hall–Kier alpha value is -0.650. The molecule has 1 aliphatic rings. The lowest BCUT2D eigenvalue weighted by atomic mass is 9.95. The molecule has 0 saturated heterocycles. The molecule has 1 saturated carbocycles. The van der Waals surface area contributed by atoms with Crippen molar-refractivity contribution in [3.63, 3.8) is 0 Å². The fourth-order valence-corrected chi connectivity index (χ4v) is 2.72. The van der Waals surface area contributed by atoms with Crippen molar-refractivity contribution in [2.24, 2.45) is 17.6 Å². The molecule has 1 aliphatic carbocycles. The number of hydrogen-bond donors (Lipinski definition) is 2. The number of rotatable bonds is 3. The van der Waals surface area contributed by atoms with E-state index in [-0.39, 0.29) is 36.0 Å². The van der Waals surface area contributed by atoms with Gasteiger partial charge in [0.1, 0.15) is 5.82 Å². The number of anilines is 1. The summed E-state index contributed by atoms with van der Waals surface area (Å²) in [5.41, 5.74) is 6.14. The molecular weight excluding hydrogens is 335 g/mol. The van der Waals surface area contributed by atoms with E-state index in [1.54, 1.807) is 12.1 Å². The van der Waals surface area contributed by atoms with Crippen LogP contribution in [0.1, 0.15) is 19.3 Å². The molecule has 106 valence electrons. The Morgan fingerprint density at radius 2 is 2.21 bits per heavy atom. The van der Waals surface area contributed by atoms with Gasteiger partial charge in [-0.2, -0.15) is 0 Å². The Bertz CT molecular complexity index is 458. The van der Waals surface area contributed by atoms with Crippen LogP contribution in [0.3, 0.4) is 0 Å². The number of nitrogens with two attached hydrogens (primary N) is 1. The molecule has 3 N–H and O–H groups in total. The molecule has 19 heavy (non-hydrogen) atoms. The van der Waals surface area contributed by atoms with Gasteiger partial charge in [0.2, 0.25) is 5.91 Å². The lowest BCUT2D eigenvalue weighted by molar-refractivity contribution is -0.120. The van der Waals surface area contributed by atoms with Crippen molar-refractivity contribution >= 4 is 39.9 Å². The quantitative estimate of drug-likeness (QED) is 0.877. The SMILES string of the molecule is Cl.NC[C@H]1CCC[C@H]1C(=O)Nc1ccc(Br)c(F)c1. The Morgan fingerprint density at radius 1 is 1.47 bits per heavy atom. The van der Waals surface area contributed by atoms with Crippen molar-refractivity contribution < 1.29 is 9.18 Å². The van der Waals surface area contributed by atoms with Gasteiger partial charge in [0, 0.05) is 11.6 Å². The molecule has 2 rings (SSSR count). The predicted octanol–water partition coefficient (Wildman–Crippen LogP) is 3.32. The van der Waals surface area contributed by atoms with Crippen LogP contribution in [0.25, 0.3) is 0 Å². The zero-order valence-electron chi connectivity index (χ0n) is 10.4. The second-order valence-corrected chi connectivity index (χ2v) is 5.51. The van der Waals surface area contributed by atoms with Gasteiger partial charge in [0.15, 0.2) is 0 Å². The Kier molecular flexibility index (Phi) is 6.23. The van der Waals surface area contributed by atoms with Crippen LogP contribution in [0.4, 0.5) is 10.1 Å². The van der Waals surface area contributed by atoms with Crippen LogP contribution in [0.15, 0.2) is 22.7 Å². The second kappa shape index (κ2) is 7.22. The third-order valence-corrected chi connectivity index (χ3v) is 4.13. The summed E-state index contributed by atoms with van der Waals surface area (Å²) in [5.74, 6) is -0.216. The number of carbonyl (C=O) groups excluding carboxylic acids is 1. The van der Waals surface area contributed by atoms with E-state index in [0.717, 1.165) is 19.3 Å². The molecule has 0 unspecified atom stereocenters. The van der Waals surface area contributed by atoms with Gasteiger partial charge in [-0.1, -0.05) is 6.42 Å². The lowest BCUT2D eigenvalue weighted by Crippen LogP contribution is -2.29. The van der Waals surface area contributed by atoms with E-state index in [0.29, 0.717) is 16.7 Å². The van der Waals surface area contributed by atoms with Crippen molar-refractivity contribution in [2.45, 2.75) is 19.3 Å². The first-order valence-corrected chi connectivity index (χ1v) is 6.87. The lowest BCUT2D eigenvalue weighted by Gasteiger charge is -2.17. The van der Waals surface area contributed by atoms with Gasteiger partial charge in [0.05, 0.1) is 4.47 Å². The fraction of sp³-hybridized carbons (Fsp3) is 0.462. The van der Waals surface area contributed by atoms with E-state index in [2.05, 4.69) is 21.2 Å². The van der Waals surface area contributed by atoms with Crippen molar-refractivity contribution in [1.29, 1.82) is 0 Å². The molecule has 0 aromatic heterocycles. The van der Waals surface area contributed by atoms with E-state index in [1.807, 2.05) is 0 Å². The van der Waals surface area contributed by atoms with Gasteiger partial charge in [0.25, 0.3) is 0 Å². The molecular formula is C13H17BrClFN2O. The summed E-state index contributed by atoms with van der Waals surface area (Å²) >= 11 is 3.08. The maximum absolute atomic E-state index is 13.3. The highest BCUT2D eigenvalue weighted by molar-refractivity contribution is 9.10. The van der Waals surface area contributed by atoms with Crippen molar-refractivity contribution in [1.82, 2.24) is 0 Å². The molecule has 3 nitrogen and oxygen atoms in total. The van der Waals surface area contributed by atoms with E-state index in [9.17, 15) is 9.18 Å². The summed E-state index contributed by atoms with van der Waals surface area (Å²) in [6.45, 7) is 0.535. The first-order valence-electron chi connectivity index (χ1n) is 6.08. The first-order chi connectivity index (χ1) is 8.61. The van der Waals surface area contributed by atoms with Crippen LogP contribution in [0.2, 0.25) is 0 Å². The highest BCUT2D eigenvalue weighted by Crippen LogP contribution is 2.32. The number of halogens is 3. The summed E-state index contributed by atoms with van der Waals surface area (Å²) in [6, 6.07) is 4.58. The molecule has 1 fully saturated rings. The maximum atomic E-state index is 13.3. The van der Waals surface area contributed by atoms with Crippen molar-refractivity contribution in [3.05, 3.63) is 28.5 Å². The summed E-state index contributed by atoms with van der Waals surface area (Å²) in [4.78, 5) is 12.1. The molecule has 1 aromatic carbocycles. The Balaban J connectivity index is 0.00000180. The summed E-state index contributed by atoms with van der Waals surface area (Å²) in [5, 5.41) is 2.76. The molecule has 6 heteroatoms. The number of amides is 1. The van der Waals surface area contributed by atoms with E-state index < -0.39 is 0 Å².